The number of hydrogen-bond acceptors (Lipinski definition) is 1. The van der Waals surface area contributed by atoms with Crippen molar-refractivity contribution in [2.45, 2.75) is 25.1 Å². The van der Waals surface area contributed by atoms with Gasteiger partial charge in [-0.15, -0.1) is 12.4 Å². The number of benzene rings is 4. The predicted octanol–water partition coefficient (Wildman–Crippen LogP) is 6.35. The summed E-state index contributed by atoms with van der Waals surface area (Å²) in [7, 11) is 0. The van der Waals surface area contributed by atoms with E-state index in [9.17, 15) is 13.2 Å². The Morgan fingerprint density at radius 1 is 0.800 bits per heavy atom. The highest BCUT2D eigenvalue weighted by molar-refractivity contribution is 6.23. The van der Waals surface area contributed by atoms with E-state index in [4.69, 9.17) is 5.73 Å². The summed E-state index contributed by atoms with van der Waals surface area (Å²) in [5.74, 6) is 0. The number of alkyl halides is 3. The lowest BCUT2D eigenvalue weighted by Crippen LogP contribution is -2.16. The normalized spacial score (nSPS) is 13.4. The van der Waals surface area contributed by atoms with Gasteiger partial charge in [0.15, 0.2) is 0 Å². The van der Waals surface area contributed by atoms with Crippen LogP contribution >= 0.6 is 12.4 Å². The molecular weight excluding hydrogens is 347 g/mol. The molecule has 0 unspecified atom stereocenters. The van der Waals surface area contributed by atoms with Crippen LogP contribution in [0.2, 0.25) is 0 Å². The predicted molar refractivity (Wildman–Crippen MR) is 99.6 cm³/mol. The van der Waals surface area contributed by atoms with Crippen LogP contribution in [-0.2, 0) is 0 Å². The van der Waals surface area contributed by atoms with Gasteiger partial charge in [-0.25, -0.2) is 0 Å². The van der Waals surface area contributed by atoms with E-state index in [2.05, 4.69) is 24.3 Å². The molecule has 0 spiro atoms. The topological polar surface area (TPSA) is 26.0 Å². The van der Waals surface area contributed by atoms with E-state index in [1.807, 2.05) is 30.3 Å². The molecule has 4 aromatic carbocycles. The van der Waals surface area contributed by atoms with Crippen molar-refractivity contribution in [3.05, 3.63) is 60.2 Å². The minimum atomic E-state index is -4.18. The van der Waals surface area contributed by atoms with Gasteiger partial charge in [-0.2, -0.15) is 13.2 Å². The molecule has 4 rings (SSSR count). The maximum absolute atomic E-state index is 12.5. The molecule has 0 aliphatic heterocycles. The zero-order valence-corrected chi connectivity index (χ0v) is 14.1. The van der Waals surface area contributed by atoms with E-state index in [0.29, 0.717) is 0 Å². The second-order valence-electron chi connectivity index (χ2n) is 6.27. The van der Waals surface area contributed by atoms with Crippen LogP contribution in [-0.4, -0.2) is 6.18 Å². The summed E-state index contributed by atoms with van der Waals surface area (Å²) in [6.45, 7) is 0. The second-order valence-corrected chi connectivity index (χ2v) is 6.27. The van der Waals surface area contributed by atoms with Crippen LogP contribution in [0.3, 0.4) is 0 Å². The average molecular weight is 364 g/mol. The van der Waals surface area contributed by atoms with Crippen molar-refractivity contribution in [3.63, 3.8) is 0 Å². The lowest BCUT2D eigenvalue weighted by molar-refractivity contribution is -0.136. The zero-order chi connectivity index (χ0) is 16.9. The van der Waals surface area contributed by atoms with Crippen LogP contribution in [0.1, 0.15) is 24.4 Å². The summed E-state index contributed by atoms with van der Waals surface area (Å²) in [5, 5.41) is 6.54. The lowest BCUT2D eigenvalue weighted by Gasteiger charge is -2.18. The minimum Gasteiger partial charge on any atom is -0.324 e. The van der Waals surface area contributed by atoms with Crippen molar-refractivity contribution in [1.82, 2.24) is 0 Å². The second kappa shape index (κ2) is 6.36. The quantitative estimate of drug-likeness (QED) is 0.422. The molecule has 0 saturated carbocycles. The molecule has 0 bridgehead atoms. The first-order valence-corrected chi connectivity index (χ1v) is 7.93. The van der Waals surface area contributed by atoms with Crippen molar-refractivity contribution < 1.29 is 13.2 Å². The number of rotatable bonds is 3. The van der Waals surface area contributed by atoms with Crippen molar-refractivity contribution in [2.75, 3.05) is 0 Å². The molecule has 0 amide bonds. The smallest absolute Gasteiger partial charge is 0.324 e. The Hall–Kier alpha value is -2.04. The van der Waals surface area contributed by atoms with Crippen LogP contribution in [0.15, 0.2) is 54.6 Å². The van der Waals surface area contributed by atoms with Crippen molar-refractivity contribution >= 4 is 44.7 Å². The molecular formula is C20H17ClF3N. The van der Waals surface area contributed by atoms with Gasteiger partial charge in [-0.1, -0.05) is 54.6 Å². The average Bonchev–Trinajstić information content (AvgIpc) is 2.57. The fourth-order valence-electron chi connectivity index (χ4n) is 3.56. The molecule has 0 fully saturated rings. The van der Waals surface area contributed by atoms with Crippen LogP contribution in [0.4, 0.5) is 13.2 Å². The van der Waals surface area contributed by atoms with E-state index in [-0.39, 0.29) is 18.8 Å². The minimum absolute atomic E-state index is 0. The Morgan fingerprint density at radius 2 is 1.36 bits per heavy atom. The van der Waals surface area contributed by atoms with Gasteiger partial charge in [0, 0.05) is 12.5 Å². The van der Waals surface area contributed by atoms with Gasteiger partial charge in [-0.05, 0) is 44.3 Å². The third-order valence-electron chi connectivity index (χ3n) is 4.70. The molecule has 2 N–H and O–H groups in total. The maximum atomic E-state index is 12.5. The third-order valence-corrected chi connectivity index (χ3v) is 4.70. The first kappa shape index (κ1) is 17.8. The first-order chi connectivity index (χ1) is 11.4. The monoisotopic (exact) mass is 363 g/mol. The summed E-state index contributed by atoms with van der Waals surface area (Å²) in [6, 6.07) is 17.4. The first-order valence-electron chi connectivity index (χ1n) is 7.93. The van der Waals surface area contributed by atoms with E-state index in [0.717, 1.165) is 37.9 Å². The van der Waals surface area contributed by atoms with Crippen molar-refractivity contribution in [1.29, 1.82) is 0 Å². The fraction of sp³-hybridized carbons (Fsp3) is 0.200. The SMILES string of the molecule is Cl.N[C@H](CCC(F)(F)F)c1ccc2ccc3cccc4ccc1c2c34. The van der Waals surface area contributed by atoms with Crippen molar-refractivity contribution in [2.24, 2.45) is 5.73 Å². The number of nitrogens with two attached hydrogens (primary N) is 1. The molecule has 0 heterocycles. The summed E-state index contributed by atoms with van der Waals surface area (Å²) < 4.78 is 37.5. The van der Waals surface area contributed by atoms with Gasteiger partial charge in [0.2, 0.25) is 0 Å². The molecule has 1 atom stereocenters. The molecule has 1 nitrogen and oxygen atoms in total. The van der Waals surface area contributed by atoms with Crippen LogP contribution < -0.4 is 5.73 Å². The molecule has 0 aliphatic carbocycles. The highest BCUT2D eigenvalue weighted by atomic mass is 35.5. The Labute approximate surface area is 149 Å². The number of hydrogen-bond donors (Lipinski definition) is 1. The molecule has 5 heteroatoms. The van der Waals surface area contributed by atoms with E-state index < -0.39 is 18.6 Å². The van der Waals surface area contributed by atoms with Crippen LogP contribution in [0, 0.1) is 0 Å². The largest absolute Gasteiger partial charge is 0.389 e. The van der Waals surface area contributed by atoms with E-state index in [1.54, 1.807) is 0 Å². The molecule has 0 radical (unpaired) electrons. The molecule has 0 aromatic heterocycles. The van der Waals surface area contributed by atoms with Gasteiger partial charge in [0.1, 0.15) is 0 Å². The standard InChI is InChI=1S/C20H16F3N.ClH/c21-20(22,23)11-10-17(24)15-8-6-14-5-4-12-2-1-3-13-7-9-16(15)19(14)18(12)13;/h1-9,17H,10-11,24H2;1H/t17-;/m1./s1. The summed E-state index contributed by atoms with van der Waals surface area (Å²) in [5.41, 5.74) is 6.88. The van der Waals surface area contributed by atoms with Crippen molar-refractivity contribution in [3.8, 4) is 0 Å². The van der Waals surface area contributed by atoms with Gasteiger partial charge >= 0.3 is 6.18 Å². The number of halogens is 4. The van der Waals surface area contributed by atoms with E-state index in [1.165, 1.54) is 0 Å². The Balaban J connectivity index is 0.00000182. The summed E-state index contributed by atoms with van der Waals surface area (Å²) in [6.07, 6.45) is -5.15. The molecule has 130 valence electrons. The summed E-state index contributed by atoms with van der Waals surface area (Å²) in [4.78, 5) is 0. The third kappa shape index (κ3) is 3.12. The fourth-order valence-corrected chi connectivity index (χ4v) is 3.56. The Bertz CT molecular complexity index is 1010. The molecule has 0 aliphatic rings. The van der Waals surface area contributed by atoms with E-state index >= 15 is 0 Å². The Kier molecular flexibility index (Phi) is 4.52. The molecule has 4 aromatic rings. The molecule has 0 saturated heterocycles. The molecule has 25 heavy (non-hydrogen) atoms. The maximum Gasteiger partial charge on any atom is 0.389 e. The van der Waals surface area contributed by atoms with Crippen LogP contribution in [0.5, 0.6) is 0 Å². The summed E-state index contributed by atoms with van der Waals surface area (Å²) >= 11 is 0. The zero-order valence-electron chi connectivity index (χ0n) is 13.3. The lowest BCUT2D eigenvalue weighted by atomic mass is 9.89. The Morgan fingerprint density at radius 3 is 2.00 bits per heavy atom. The van der Waals surface area contributed by atoms with Gasteiger partial charge in [0.05, 0.1) is 0 Å². The van der Waals surface area contributed by atoms with Crippen LogP contribution in [0.25, 0.3) is 32.3 Å². The van der Waals surface area contributed by atoms with Gasteiger partial charge in [0.25, 0.3) is 0 Å². The highest BCUT2D eigenvalue weighted by Gasteiger charge is 2.28. The van der Waals surface area contributed by atoms with Gasteiger partial charge in [-0.3, -0.25) is 0 Å². The van der Waals surface area contributed by atoms with Gasteiger partial charge < -0.3 is 5.73 Å². The highest BCUT2D eigenvalue weighted by Crippen LogP contribution is 2.38.